The number of hydrogen-bond donors (Lipinski definition) is 2. The first kappa shape index (κ1) is 21.1. The van der Waals surface area contributed by atoms with Crippen molar-refractivity contribution in [2.24, 2.45) is 0 Å². The average Bonchev–Trinajstić information content (AvgIpc) is 3.29. The van der Waals surface area contributed by atoms with Crippen LogP contribution in [-0.2, 0) is 29.1 Å². The largest absolute Gasteiger partial charge is 0.347 e. The van der Waals surface area contributed by atoms with Crippen LogP contribution in [-0.4, -0.2) is 57.6 Å². The van der Waals surface area contributed by atoms with Crippen LogP contribution < -0.4 is 14.9 Å². The van der Waals surface area contributed by atoms with E-state index in [9.17, 15) is 18.0 Å². The Labute approximate surface area is 176 Å². The fourth-order valence-electron chi connectivity index (χ4n) is 4.19. The molecule has 2 N–H and O–H groups in total. The van der Waals surface area contributed by atoms with Gasteiger partial charge in [-0.25, -0.2) is 8.42 Å². The number of carbonyl (C=O) groups excluding carboxylic acids is 2. The van der Waals surface area contributed by atoms with Crippen LogP contribution in [0.4, 0.5) is 11.4 Å². The van der Waals surface area contributed by atoms with Crippen molar-refractivity contribution in [3.63, 3.8) is 0 Å². The molecular formula is C20H27N3O6S. The molecule has 2 amide bonds. The topological polar surface area (TPSA) is 114 Å². The molecule has 1 aromatic carbocycles. The summed E-state index contributed by atoms with van der Waals surface area (Å²) in [4.78, 5) is 24.3. The molecule has 1 saturated carbocycles. The van der Waals surface area contributed by atoms with Crippen molar-refractivity contribution in [1.29, 1.82) is 0 Å². The second-order valence-electron chi connectivity index (χ2n) is 7.97. The molecule has 30 heavy (non-hydrogen) atoms. The summed E-state index contributed by atoms with van der Waals surface area (Å²) < 4.78 is 37.1. The fraction of sp³-hybridized carbons (Fsp3) is 0.600. The Bertz CT molecular complexity index is 896. The zero-order chi connectivity index (χ0) is 21.2. The number of hydrogen-bond acceptors (Lipinski definition) is 6. The maximum atomic E-state index is 12.2. The lowest BCUT2D eigenvalue weighted by Gasteiger charge is -2.31. The molecule has 10 heteroatoms. The summed E-state index contributed by atoms with van der Waals surface area (Å²) in [5, 5.41) is 5.11. The van der Waals surface area contributed by atoms with Crippen molar-refractivity contribution < 1.29 is 27.5 Å². The standard InChI is InChI=1S/C20H27N3O6S/c24-18(21-13-17-14-28-20(29-17)9-2-1-3-10-20)19(25)22-15-5-7-16(8-6-15)23-11-4-12-30(23,26)27/h5-8,17H,1-4,9-14H2,(H,21,24)(H,22,25)/t17-/m0/s1. The fourth-order valence-corrected chi connectivity index (χ4v) is 5.75. The molecule has 2 aliphatic heterocycles. The molecule has 0 bridgehead atoms. The van der Waals surface area contributed by atoms with Gasteiger partial charge in [0.2, 0.25) is 10.0 Å². The van der Waals surface area contributed by atoms with Gasteiger partial charge < -0.3 is 20.1 Å². The van der Waals surface area contributed by atoms with Gasteiger partial charge in [0.05, 0.1) is 18.0 Å². The van der Waals surface area contributed by atoms with Crippen LogP contribution in [0.3, 0.4) is 0 Å². The van der Waals surface area contributed by atoms with Gasteiger partial charge in [-0.1, -0.05) is 6.42 Å². The second-order valence-corrected chi connectivity index (χ2v) is 9.99. The van der Waals surface area contributed by atoms with Crippen molar-refractivity contribution in [1.82, 2.24) is 5.32 Å². The Balaban J connectivity index is 1.25. The SMILES string of the molecule is O=C(NC[C@H]1COC2(CCCCC2)O1)C(=O)Nc1ccc(N2CCCS2(=O)=O)cc1. The third-order valence-corrected chi connectivity index (χ3v) is 7.61. The van der Waals surface area contributed by atoms with Gasteiger partial charge in [-0.15, -0.1) is 0 Å². The zero-order valence-corrected chi connectivity index (χ0v) is 17.6. The number of nitrogens with one attached hydrogen (secondary N) is 2. The lowest BCUT2D eigenvalue weighted by atomic mass is 9.94. The Hall–Kier alpha value is -2.17. The van der Waals surface area contributed by atoms with E-state index in [1.807, 2.05) is 0 Å². The summed E-state index contributed by atoms with van der Waals surface area (Å²) in [6.45, 7) is 1.06. The van der Waals surface area contributed by atoms with E-state index in [2.05, 4.69) is 10.6 Å². The lowest BCUT2D eigenvalue weighted by molar-refractivity contribution is -0.186. The van der Waals surface area contributed by atoms with E-state index in [0.717, 1.165) is 25.7 Å². The molecule has 3 aliphatic rings. The van der Waals surface area contributed by atoms with Crippen molar-refractivity contribution in [2.75, 3.05) is 35.1 Å². The highest BCUT2D eigenvalue weighted by Crippen LogP contribution is 2.37. The molecule has 1 atom stereocenters. The number of benzene rings is 1. The quantitative estimate of drug-likeness (QED) is 0.688. The Kier molecular flexibility index (Phi) is 5.99. The third-order valence-electron chi connectivity index (χ3n) is 5.74. The maximum absolute atomic E-state index is 12.2. The molecule has 2 saturated heterocycles. The zero-order valence-electron chi connectivity index (χ0n) is 16.8. The van der Waals surface area contributed by atoms with E-state index < -0.39 is 27.6 Å². The molecule has 164 valence electrons. The van der Waals surface area contributed by atoms with Crippen molar-refractivity contribution >= 4 is 33.2 Å². The minimum Gasteiger partial charge on any atom is -0.347 e. The van der Waals surface area contributed by atoms with E-state index >= 15 is 0 Å². The van der Waals surface area contributed by atoms with Crippen LogP contribution in [0.1, 0.15) is 38.5 Å². The van der Waals surface area contributed by atoms with Gasteiger partial charge in [0.25, 0.3) is 0 Å². The Morgan fingerprint density at radius 1 is 1.07 bits per heavy atom. The molecule has 0 radical (unpaired) electrons. The number of amides is 2. The molecular weight excluding hydrogens is 410 g/mol. The van der Waals surface area contributed by atoms with Gasteiger partial charge in [0, 0.05) is 31.6 Å². The summed E-state index contributed by atoms with van der Waals surface area (Å²) in [5.41, 5.74) is 0.960. The van der Waals surface area contributed by atoms with Crippen molar-refractivity contribution in [2.45, 2.75) is 50.4 Å². The van der Waals surface area contributed by atoms with Gasteiger partial charge in [-0.05, 0) is 43.5 Å². The van der Waals surface area contributed by atoms with E-state index in [1.165, 1.54) is 10.7 Å². The summed E-state index contributed by atoms with van der Waals surface area (Å²) in [5.74, 6) is -1.92. The van der Waals surface area contributed by atoms with Gasteiger partial charge in [-0.2, -0.15) is 0 Å². The lowest BCUT2D eigenvalue weighted by Crippen LogP contribution is -2.41. The van der Waals surface area contributed by atoms with Gasteiger partial charge >= 0.3 is 11.8 Å². The Morgan fingerprint density at radius 2 is 1.80 bits per heavy atom. The Morgan fingerprint density at radius 3 is 2.47 bits per heavy atom. The molecule has 0 aromatic heterocycles. The number of ether oxygens (including phenoxy) is 2. The van der Waals surface area contributed by atoms with E-state index in [-0.39, 0.29) is 18.4 Å². The predicted molar refractivity (Wildman–Crippen MR) is 110 cm³/mol. The van der Waals surface area contributed by atoms with E-state index in [1.54, 1.807) is 24.3 Å². The molecule has 2 heterocycles. The van der Waals surface area contributed by atoms with Crippen molar-refractivity contribution in [3.05, 3.63) is 24.3 Å². The first-order valence-corrected chi connectivity index (χ1v) is 12.0. The first-order valence-electron chi connectivity index (χ1n) is 10.4. The number of carbonyl (C=O) groups is 2. The molecule has 1 spiro atoms. The number of sulfonamides is 1. The van der Waals surface area contributed by atoms with Crippen LogP contribution in [0, 0.1) is 0 Å². The molecule has 3 fully saturated rings. The minimum absolute atomic E-state index is 0.141. The summed E-state index contributed by atoms with van der Waals surface area (Å²) in [6, 6.07) is 6.39. The summed E-state index contributed by atoms with van der Waals surface area (Å²) >= 11 is 0. The smallest absolute Gasteiger partial charge is 0.313 e. The first-order chi connectivity index (χ1) is 14.4. The molecule has 4 rings (SSSR count). The normalized spacial score (nSPS) is 24.7. The van der Waals surface area contributed by atoms with Gasteiger partial charge in [-0.3, -0.25) is 13.9 Å². The minimum atomic E-state index is -3.26. The number of rotatable bonds is 4. The molecule has 9 nitrogen and oxygen atoms in total. The maximum Gasteiger partial charge on any atom is 0.313 e. The van der Waals surface area contributed by atoms with Crippen LogP contribution in [0.15, 0.2) is 24.3 Å². The van der Waals surface area contributed by atoms with Gasteiger partial charge in [0.15, 0.2) is 5.79 Å². The average molecular weight is 438 g/mol. The van der Waals surface area contributed by atoms with Gasteiger partial charge in [0.1, 0.15) is 6.10 Å². The monoisotopic (exact) mass is 437 g/mol. The van der Waals surface area contributed by atoms with Crippen LogP contribution >= 0.6 is 0 Å². The molecule has 0 unspecified atom stereocenters. The third kappa shape index (κ3) is 4.60. The predicted octanol–water partition coefficient (Wildman–Crippen LogP) is 1.36. The second kappa shape index (κ2) is 8.52. The molecule has 1 aliphatic carbocycles. The highest BCUT2D eigenvalue weighted by atomic mass is 32.2. The highest BCUT2D eigenvalue weighted by Gasteiger charge is 2.42. The number of anilines is 2. The van der Waals surface area contributed by atoms with E-state index in [4.69, 9.17) is 9.47 Å². The van der Waals surface area contributed by atoms with Crippen LogP contribution in [0.25, 0.3) is 0 Å². The van der Waals surface area contributed by atoms with Crippen LogP contribution in [0.2, 0.25) is 0 Å². The number of nitrogens with zero attached hydrogens (tertiary/aromatic N) is 1. The van der Waals surface area contributed by atoms with Crippen molar-refractivity contribution in [3.8, 4) is 0 Å². The summed E-state index contributed by atoms with van der Waals surface area (Å²) in [7, 11) is -3.26. The molecule has 1 aromatic rings. The van der Waals surface area contributed by atoms with E-state index in [0.29, 0.717) is 30.9 Å². The van der Waals surface area contributed by atoms with Crippen LogP contribution in [0.5, 0.6) is 0 Å². The summed E-state index contributed by atoms with van der Waals surface area (Å²) in [6.07, 6.45) is 5.40. The highest BCUT2D eigenvalue weighted by molar-refractivity contribution is 7.93.